The van der Waals surface area contributed by atoms with Gasteiger partial charge in [-0.1, -0.05) is 35.5 Å². The van der Waals surface area contributed by atoms with Crippen molar-refractivity contribution in [1.82, 2.24) is 14.1 Å². The van der Waals surface area contributed by atoms with Crippen molar-refractivity contribution < 1.29 is 4.79 Å². The summed E-state index contributed by atoms with van der Waals surface area (Å²) in [6.07, 6.45) is 5.07. The zero-order valence-corrected chi connectivity index (χ0v) is 19.9. The summed E-state index contributed by atoms with van der Waals surface area (Å²) >= 11 is 2.63. The summed E-state index contributed by atoms with van der Waals surface area (Å²) in [6, 6.07) is 13.1. The number of carbonyl (C=O) groups excluding carboxylic acids is 1. The zero-order valence-electron chi connectivity index (χ0n) is 18.3. The van der Waals surface area contributed by atoms with Crippen LogP contribution in [0.3, 0.4) is 0 Å². The van der Waals surface area contributed by atoms with Gasteiger partial charge in [-0.15, -0.1) is 11.3 Å². The minimum atomic E-state index is -0.585. The lowest BCUT2D eigenvalue weighted by Gasteiger charge is -2.12. The number of hydrogen-bond donors (Lipinski definition) is 1. The second-order valence-electron chi connectivity index (χ2n) is 8.07. The smallest absolute Gasteiger partial charge is 0.325 e. The highest BCUT2D eigenvalue weighted by Gasteiger charge is 2.21. The van der Waals surface area contributed by atoms with Crippen LogP contribution in [0, 0.1) is 6.92 Å². The maximum atomic E-state index is 13.4. The van der Waals surface area contributed by atoms with Crippen LogP contribution >= 0.6 is 23.1 Å². The van der Waals surface area contributed by atoms with Crippen LogP contribution in [0.1, 0.15) is 23.1 Å². The average Bonchev–Trinajstić information content (AvgIpc) is 3.45. The van der Waals surface area contributed by atoms with E-state index in [0.29, 0.717) is 20.4 Å². The number of hydrogen-bond acceptors (Lipinski definition) is 6. The highest BCUT2D eigenvalue weighted by atomic mass is 32.2. The van der Waals surface area contributed by atoms with Gasteiger partial charge in [-0.2, -0.15) is 0 Å². The molecule has 2 heterocycles. The molecule has 1 amide bonds. The third-order valence-corrected chi connectivity index (χ3v) is 7.83. The maximum Gasteiger partial charge on any atom is 0.337 e. The average molecular weight is 479 g/mol. The Bertz CT molecular complexity index is 1500. The van der Waals surface area contributed by atoms with E-state index < -0.39 is 11.2 Å². The number of anilines is 1. The first-order valence-corrected chi connectivity index (χ1v) is 12.7. The Kier molecular flexibility index (Phi) is 5.67. The van der Waals surface area contributed by atoms with Crippen LogP contribution < -0.4 is 16.6 Å². The van der Waals surface area contributed by atoms with Crippen molar-refractivity contribution in [2.45, 2.75) is 37.1 Å². The van der Waals surface area contributed by atoms with E-state index in [1.807, 2.05) is 43.5 Å². The van der Waals surface area contributed by atoms with Crippen LogP contribution in [0.25, 0.3) is 16.0 Å². The minimum absolute atomic E-state index is 0.240. The molecular formula is C24H22N4O3S2. The second kappa shape index (κ2) is 8.64. The third-order valence-electron chi connectivity index (χ3n) is 5.82. The minimum Gasteiger partial charge on any atom is -0.325 e. The number of amides is 1. The molecule has 0 saturated carbocycles. The molecule has 1 aliphatic rings. The topological polar surface area (TPSA) is 86.0 Å². The first-order valence-electron chi connectivity index (χ1n) is 10.6. The van der Waals surface area contributed by atoms with Gasteiger partial charge in [0.25, 0.3) is 5.56 Å². The van der Waals surface area contributed by atoms with Crippen LogP contribution in [0.15, 0.2) is 56.4 Å². The van der Waals surface area contributed by atoms with Gasteiger partial charge in [0.2, 0.25) is 5.91 Å². The molecule has 0 radical (unpaired) electrons. The maximum absolute atomic E-state index is 13.4. The molecule has 7 nitrogen and oxygen atoms in total. The van der Waals surface area contributed by atoms with Gasteiger partial charge in [0.05, 0.1) is 5.69 Å². The molecule has 0 fully saturated rings. The molecule has 9 heteroatoms. The largest absolute Gasteiger partial charge is 0.337 e. The van der Waals surface area contributed by atoms with Gasteiger partial charge < -0.3 is 5.32 Å². The first-order chi connectivity index (χ1) is 15.9. The summed E-state index contributed by atoms with van der Waals surface area (Å²) < 4.78 is 3.42. The highest BCUT2D eigenvalue weighted by molar-refractivity contribution is 8.00. The molecule has 5 rings (SSSR count). The van der Waals surface area contributed by atoms with E-state index in [2.05, 4.69) is 10.3 Å². The van der Waals surface area contributed by atoms with E-state index in [0.717, 1.165) is 29.4 Å². The lowest BCUT2D eigenvalue weighted by atomic mass is 10.1. The van der Waals surface area contributed by atoms with Gasteiger partial charge in [-0.05, 0) is 67.8 Å². The number of aromatic nitrogens is 3. The Labute approximate surface area is 198 Å². The number of carbonyl (C=O) groups is 1. The number of aryl methyl sites for hydroxylation is 3. The predicted molar refractivity (Wildman–Crippen MR) is 133 cm³/mol. The molecule has 2 aromatic heterocycles. The summed E-state index contributed by atoms with van der Waals surface area (Å²) in [6.45, 7) is 1.70. The lowest BCUT2D eigenvalue weighted by Crippen LogP contribution is -2.40. The van der Waals surface area contributed by atoms with Crippen LogP contribution in [0.5, 0.6) is 0 Å². The van der Waals surface area contributed by atoms with Crippen LogP contribution in [0.2, 0.25) is 0 Å². The molecule has 1 aliphatic carbocycles. The number of thioether (sulfide) groups is 1. The summed E-state index contributed by atoms with van der Waals surface area (Å²) in [5.74, 6) is -0.343. The number of rotatable bonds is 5. The van der Waals surface area contributed by atoms with Gasteiger partial charge in [-0.25, -0.2) is 14.3 Å². The van der Waals surface area contributed by atoms with Crippen molar-refractivity contribution in [1.29, 1.82) is 0 Å². The van der Waals surface area contributed by atoms with Gasteiger partial charge >= 0.3 is 5.69 Å². The van der Waals surface area contributed by atoms with E-state index in [9.17, 15) is 14.4 Å². The van der Waals surface area contributed by atoms with Crippen molar-refractivity contribution in [3.05, 3.63) is 80.0 Å². The molecule has 0 saturated heterocycles. The predicted octanol–water partition coefficient (Wildman–Crippen LogP) is 3.77. The van der Waals surface area contributed by atoms with Crippen molar-refractivity contribution in [2.24, 2.45) is 0 Å². The number of nitrogens with zero attached hydrogens (tertiary/aromatic N) is 3. The van der Waals surface area contributed by atoms with E-state index in [-0.39, 0.29) is 18.1 Å². The lowest BCUT2D eigenvalue weighted by molar-refractivity contribution is -0.116. The van der Waals surface area contributed by atoms with Crippen molar-refractivity contribution in [3.63, 3.8) is 0 Å². The first kappa shape index (κ1) is 21.7. The van der Waals surface area contributed by atoms with Crippen molar-refractivity contribution in [2.75, 3.05) is 11.6 Å². The summed E-state index contributed by atoms with van der Waals surface area (Å²) in [4.78, 5) is 44.0. The van der Waals surface area contributed by atoms with Gasteiger partial charge in [0.15, 0.2) is 9.99 Å². The Morgan fingerprint density at radius 2 is 1.88 bits per heavy atom. The molecule has 0 bridgehead atoms. The number of nitrogens with one attached hydrogen (secondary N) is 1. The van der Waals surface area contributed by atoms with E-state index in [1.165, 1.54) is 38.8 Å². The molecule has 2 aromatic carbocycles. The van der Waals surface area contributed by atoms with E-state index >= 15 is 0 Å². The fraction of sp³-hybridized carbons (Fsp3) is 0.250. The summed E-state index contributed by atoms with van der Waals surface area (Å²) in [5.41, 5.74) is 4.00. The molecule has 0 aliphatic heterocycles. The standard InChI is InChI=1S/C24H22N4O3S2/c1-14-6-10-18(11-7-14)28-22(30)20-21(26-23(32-2)33-20)27(24(28)31)13-19(29)25-17-9-8-15-4-3-5-16(15)12-17/h6-12H,3-5,13H2,1-2H3,(H,25,29). The van der Waals surface area contributed by atoms with Crippen LogP contribution in [-0.2, 0) is 24.2 Å². The Morgan fingerprint density at radius 3 is 2.64 bits per heavy atom. The Morgan fingerprint density at radius 1 is 1.12 bits per heavy atom. The van der Waals surface area contributed by atoms with Gasteiger partial charge in [0, 0.05) is 5.69 Å². The van der Waals surface area contributed by atoms with Crippen molar-refractivity contribution in [3.8, 4) is 5.69 Å². The van der Waals surface area contributed by atoms with E-state index in [1.54, 1.807) is 12.1 Å². The fourth-order valence-corrected chi connectivity index (χ4v) is 5.65. The molecule has 0 atom stereocenters. The van der Waals surface area contributed by atoms with Crippen molar-refractivity contribution >= 4 is 45.0 Å². The van der Waals surface area contributed by atoms with Gasteiger partial charge in [-0.3, -0.25) is 14.2 Å². The summed E-state index contributed by atoms with van der Waals surface area (Å²) in [5, 5.41) is 2.90. The zero-order chi connectivity index (χ0) is 23.1. The Balaban J connectivity index is 1.57. The quantitative estimate of drug-likeness (QED) is 0.442. The van der Waals surface area contributed by atoms with Crippen LogP contribution in [0.4, 0.5) is 5.69 Å². The molecule has 1 N–H and O–H groups in total. The molecule has 4 aromatic rings. The molecule has 0 spiro atoms. The molecule has 0 unspecified atom stereocenters. The normalized spacial score (nSPS) is 12.8. The molecule has 168 valence electrons. The molecular weight excluding hydrogens is 456 g/mol. The Hall–Kier alpha value is -3.17. The van der Waals surface area contributed by atoms with Crippen LogP contribution in [-0.4, -0.2) is 26.3 Å². The monoisotopic (exact) mass is 478 g/mol. The fourth-order valence-electron chi connectivity index (χ4n) is 4.16. The number of thiazole rings is 1. The molecule has 33 heavy (non-hydrogen) atoms. The highest BCUT2D eigenvalue weighted by Crippen LogP contribution is 2.26. The third kappa shape index (κ3) is 4.02. The summed E-state index contributed by atoms with van der Waals surface area (Å²) in [7, 11) is 0. The SMILES string of the molecule is CSc1nc2c(s1)c(=O)n(-c1ccc(C)cc1)c(=O)n2CC(=O)Nc1ccc2c(c1)CCC2. The number of benzene rings is 2. The van der Waals surface area contributed by atoms with Gasteiger partial charge in [0.1, 0.15) is 11.2 Å². The second-order valence-corrected chi connectivity index (χ2v) is 10.1. The van der Waals surface area contributed by atoms with E-state index in [4.69, 9.17) is 0 Å². The number of fused-ring (bicyclic) bond motifs is 2.